The summed E-state index contributed by atoms with van der Waals surface area (Å²) >= 11 is 3.31. The Bertz CT molecular complexity index is 1600. The number of nitrogens with one attached hydrogen (secondary N) is 1. The minimum absolute atomic E-state index is 0.0549. The van der Waals surface area contributed by atoms with E-state index in [9.17, 15) is 14.4 Å². The number of Topliss-reactive ketones (excluding diaryl/α,β-unsaturated/α-hetero) is 2. The van der Waals surface area contributed by atoms with Gasteiger partial charge in [0.2, 0.25) is 0 Å². The molecule has 0 amide bonds. The second-order valence-electron chi connectivity index (χ2n) is 10.6. The van der Waals surface area contributed by atoms with Gasteiger partial charge in [-0.05, 0) is 42.4 Å². The van der Waals surface area contributed by atoms with Crippen LogP contribution in [0.25, 0.3) is 0 Å². The van der Waals surface area contributed by atoms with Gasteiger partial charge in [-0.3, -0.25) is 14.4 Å². The largest absolute Gasteiger partial charge is 0.497 e. The zero-order valence-corrected chi connectivity index (χ0v) is 32.0. The number of aliphatic carboxylic acids is 1. The Labute approximate surface area is 315 Å². The smallest absolute Gasteiger partial charge is 0.373 e. The molecule has 0 aliphatic heterocycles. The number of carboxylic acid groups (broad SMARTS) is 1. The molecule has 4 aromatic rings. The van der Waals surface area contributed by atoms with E-state index in [-0.39, 0.29) is 34.6 Å². The van der Waals surface area contributed by atoms with Gasteiger partial charge >= 0.3 is 12.1 Å². The van der Waals surface area contributed by atoms with E-state index < -0.39 is 5.97 Å². The van der Waals surface area contributed by atoms with Crippen LogP contribution in [-0.2, 0) is 14.4 Å². The summed E-state index contributed by atoms with van der Waals surface area (Å²) in [6, 6.07) is 34.2. The predicted octanol–water partition coefficient (Wildman–Crippen LogP) is 8.62. The van der Waals surface area contributed by atoms with Crippen molar-refractivity contribution < 1.29 is 38.6 Å². The van der Waals surface area contributed by atoms with Crippen LogP contribution in [0.2, 0.25) is 0 Å². The van der Waals surface area contributed by atoms with E-state index in [2.05, 4.69) is 5.32 Å². The van der Waals surface area contributed by atoms with Crippen LogP contribution in [0.3, 0.4) is 0 Å². The van der Waals surface area contributed by atoms with E-state index in [1.54, 1.807) is 26.4 Å². The quantitative estimate of drug-likeness (QED) is 0.0748. The number of thioether (sulfide) groups is 2. The maximum atomic E-state index is 12.5. The van der Waals surface area contributed by atoms with Crippen LogP contribution in [-0.4, -0.2) is 68.1 Å². The SMILES string of the molecule is CC.CNCCSC(CC(=O)c1ccccc1)c1ccc(OC)cc1.COc1ccc(C(CC(=O)c2ccccc2)SCCC(=O)O)cc1.O=C=O. The normalized spacial score (nSPS) is 10.9. The number of carbonyl (C=O) groups excluding carboxylic acids is 4. The highest BCUT2D eigenvalue weighted by Gasteiger charge is 2.19. The third kappa shape index (κ3) is 18.0. The van der Waals surface area contributed by atoms with Crippen LogP contribution in [0, 0.1) is 0 Å². The number of ether oxygens (including phenoxy) is 2. The fourth-order valence-electron chi connectivity index (χ4n) is 4.60. The van der Waals surface area contributed by atoms with E-state index in [1.807, 2.05) is 130 Å². The third-order valence-electron chi connectivity index (χ3n) is 7.21. The van der Waals surface area contributed by atoms with E-state index in [0.717, 1.165) is 40.5 Å². The van der Waals surface area contributed by atoms with E-state index in [1.165, 1.54) is 11.8 Å². The molecular weight excluding hydrogens is 699 g/mol. The highest BCUT2D eigenvalue weighted by Crippen LogP contribution is 2.35. The van der Waals surface area contributed by atoms with Crippen molar-refractivity contribution in [3.8, 4) is 11.5 Å². The molecule has 4 aromatic carbocycles. The van der Waals surface area contributed by atoms with Gasteiger partial charge in [-0.15, -0.1) is 0 Å². The van der Waals surface area contributed by atoms with Crippen LogP contribution in [0.1, 0.15) is 75.5 Å². The number of hydrogen-bond acceptors (Lipinski definition) is 10. The molecule has 0 aromatic heterocycles. The molecule has 0 aliphatic rings. The lowest BCUT2D eigenvalue weighted by Crippen LogP contribution is -2.12. The number of methoxy groups -OCH3 is 2. The molecule has 0 spiro atoms. The molecule has 4 rings (SSSR count). The first-order valence-corrected chi connectivity index (χ1v) is 18.9. The maximum Gasteiger partial charge on any atom is 0.373 e. The Balaban J connectivity index is 0.000000463. The molecule has 0 heterocycles. The monoisotopic (exact) mass is 747 g/mol. The summed E-state index contributed by atoms with van der Waals surface area (Å²) in [5, 5.41) is 12.1. The van der Waals surface area contributed by atoms with Gasteiger partial charge in [-0.1, -0.05) is 98.8 Å². The molecule has 2 unspecified atom stereocenters. The van der Waals surface area contributed by atoms with E-state index in [0.29, 0.717) is 24.2 Å². The molecule has 52 heavy (non-hydrogen) atoms. The van der Waals surface area contributed by atoms with Gasteiger partial charge < -0.3 is 19.9 Å². The number of benzene rings is 4. The van der Waals surface area contributed by atoms with E-state index in [4.69, 9.17) is 24.2 Å². The van der Waals surface area contributed by atoms with Crippen LogP contribution < -0.4 is 14.8 Å². The lowest BCUT2D eigenvalue weighted by Gasteiger charge is -2.17. The lowest BCUT2D eigenvalue weighted by atomic mass is 10.0. The number of carbonyl (C=O) groups is 3. The average Bonchev–Trinajstić information content (AvgIpc) is 3.19. The average molecular weight is 748 g/mol. The Morgan fingerprint density at radius 2 is 1.02 bits per heavy atom. The summed E-state index contributed by atoms with van der Waals surface area (Å²) in [7, 11) is 5.21. The van der Waals surface area contributed by atoms with Crippen LogP contribution >= 0.6 is 23.5 Å². The number of hydrogen-bond donors (Lipinski definition) is 2. The second-order valence-corrected chi connectivity index (χ2v) is 13.2. The molecule has 11 heteroatoms. The summed E-state index contributed by atoms with van der Waals surface area (Å²) in [5.41, 5.74) is 3.61. The van der Waals surface area contributed by atoms with Crippen molar-refractivity contribution in [1.29, 1.82) is 0 Å². The first kappa shape index (κ1) is 45.4. The van der Waals surface area contributed by atoms with Gasteiger partial charge in [-0.25, -0.2) is 0 Å². The number of rotatable bonds is 18. The molecule has 0 radical (unpaired) electrons. The third-order valence-corrected chi connectivity index (χ3v) is 9.78. The highest BCUT2D eigenvalue weighted by atomic mass is 32.2. The van der Waals surface area contributed by atoms with Crippen molar-refractivity contribution in [3.05, 3.63) is 131 Å². The molecule has 9 nitrogen and oxygen atoms in total. The number of carboxylic acids is 1. The minimum Gasteiger partial charge on any atom is -0.497 e. The summed E-state index contributed by atoms with van der Waals surface area (Å²) in [4.78, 5) is 52.0. The van der Waals surface area contributed by atoms with Crippen molar-refractivity contribution in [2.75, 3.05) is 39.3 Å². The van der Waals surface area contributed by atoms with Crippen LogP contribution in [0.5, 0.6) is 11.5 Å². The summed E-state index contributed by atoms with van der Waals surface area (Å²) in [6.07, 6.45) is 1.17. The zero-order valence-electron chi connectivity index (χ0n) is 30.4. The first-order valence-electron chi connectivity index (χ1n) is 16.8. The molecule has 278 valence electrons. The molecule has 0 bridgehead atoms. The summed E-state index contributed by atoms with van der Waals surface area (Å²) in [6.45, 7) is 4.93. The molecular formula is C41H49NO8S2. The van der Waals surface area contributed by atoms with Gasteiger partial charge in [0.1, 0.15) is 11.5 Å². The lowest BCUT2D eigenvalue weighted by molar-refractivity contribution is -0.191. The number of ketones is 2. The Hall–Kier alpha value is -4.67. The molecule has 2 atom stereocenters. The minimum atomic E-state index is -0.828. The standard InChI is InChI=1S/C19H23NO2S.C19H20O4S.C2H6.CO2/c1-20-12-13-23-19(16-8-10-17(22-2)11-9-16)14-18(21)15-6-4-3-5-7-15;1-23-16-9-7-15(8-10-16)18(24-12-11-19(21)22)13-17(20)14-5-3-2-4-6-14;1-2;2-1-3/h3-11,19-20H,12-14H2,1-2H3;2-10,18H,11-13H2,1H3,(H,21,22);1-2H3;. The molecule has 0 saturated carbocycles. The molecule has 0 aliphatic carbocycles. The van der Waals surface area contributed by atoms with Crippen molar-refractivity contribution in [3.63, 3.8) is 0 Å². The van der Waals surface area contributed by atoms with Crippen molar-refractivity contribution in [2.24, 2.45) is 0 Å². The van der Waals surface area contributed by atoms with Crippen LogP contribution in [0.15, 0.2) is 109 Å². The predicted molar refractivity (Wildman–Crippen MR) is 210 cm³/mol. The van der Waals surface area contributed by atoms with Crippen molar-refractivity contribution >= 4 is 47.2 Å². The van der Waals surface area contributed by atoms with Crippen LogP contribution in [0.4, 0.5) is 0 Å². The topological polar surface area (TPSA) is 136 Å². The van der Waals surface area contributed by atoms with Gasteiger partial charge in [0.15, 0.2) is 11.6 Å². The van der Waals surface area contributed by atoms with Gasteiger partial charge in [0, 0.05) is 52.5 Å². The summed E-state index contributed by atoms with van der Waals surface area (Å²) < 4.78 is 10.4. The second kappa shape index (κ2) is 28.0. The Kier molecular flexibility index (Phi) is 24.4. The van der Waals surface area contributed by atoms with Gasteiger partial charge in [0.05, 0.1) is 20.6 Å². The molecule has 2 N–H and O–H groups in total. The van der Waals surface area contributed by atoms with Crippen molar-refractivity contribution in [2.45, 2.75) is 43.6 Å². The van der Waals surface area contributed by atoms with E-state index >= 15 is 0 Å². The zero-order chi connectivity index (χ0) is 38.6. The fraction of sp³-hybridized carbons (Fsp3) is 0.317. The molecule has 0 fully saturated rings. The fourth-order valence-corrected chi connectivity index (χ4v) is 7.02. The first-order chi connectivity index (χ1) is 25.3. The maximum absolute atomic E-state index is 12.5. The summed E-state index contributed by atoms with van der Waals surface area (Å²) in [5.74, 6) is 2.43. The van der Waals surface area contributed by atoms with Crippen molar-refractivity contribution in [1.82, 2.24) is 5.32 Å². The highest BCUT2D eigenvalue weighted by molar-refractivity contribution is 7.99. The molecule has 0 saturated heterocycles. The van der Waals surface area contributed by atoms with Gasteiger partial charge in [-0.2, -0.15) is 33.1 Å². The Morgan fingerprint density at radius 1 is 0.654 bits per heavy atom. The Morgan fingerprint density at radius 3 is 1.35 bits per heavy atom. The van der Waals surface area contributed by atoms with Gasteiger partial charge in [0.25, 0.3) is 0 Å².